The number of ether oxygens (including phenoxy) is 1. The third-order valence-electron chi connectivity index (χ3n) is 8.93. The molecule has 3 heterocycles. The van der Waals surface area contributed by atoms with Gasteiger partial charge in [-0.05, 0) is 19.3 Å². The lowest BCUT2D eigenvalue weighted by atomic mass is 9.87. The van der Waals surface area contributed by atoms with Gasteiger partial charge in [0.2, 0.25) is 11.8 Å². The van der Waals surface area contributed by atoms with Gasteiger partial charge < -0.3 is 56.0 Å². The second-order valence-electron chi connectivity index (χ2n) is 14.7. The minimum atomic E-state index is -5.59. The van der Waals surface area contributed by atoms with E-state index in [0.29, 0.717) is 6.42 Å². The van der Waals surface area contributed by atoms with Crippen LogP contribution in [0.3, 0.4) is 0 Å². The van der Waals surface area contributed by atoms with E-state index in [0.717, 1.165) is 48.2 Å². The maximum absolute atomic E-state index is 12.7. The number of imidazole rings is 1. The zero-order chi connectivity index (χ0) is 47.0. The fourth-order valence-electron chi connectivity index (χ4n) is 5.63. The van der Waals surface area contributed by atoms with E-state index in [1.54, 1.807) is 6.08 Å². The average Bonchev–Trinajstić information content (AvgIpc) is 3.75. The Labute approximate surface area is 366 Å². The van der Waals surface area contributed by atoms with E-state index in [9.17, 15) is 63.0 Å². The van der Waals surface area contributed by atoms with Gasteiger partial charge >= 0.3 is 23.5 Å². The number of anilines is 1. The number of amides is 2. The molecule has 1 saturated heterocycles. The molecule has 0 bridgehead atoms. The molecule has 1 aliphatic rings. The number of rotatable bonds is 28. The lowest BCUT2D eigenvalue weighted by molar-refractivity contribution is -0.137. The van der Waals surface area contributed by atoms with E-state index in [4.69, 9.17) is 19.5 Å². The molecule has 2 aromatic heterocycles. The van der Waals surface area contributed by atoms with Crippen LogP contribution in [0.1, 0.15) is 71.9 Å². The standard InChI is InChI=1S/C34H56N7O18P3S/c1-4-5-6-7-8-9-10-11-12-22(42)17-25(44)63-16-15-36-24(43)13-14-37-32(47)29(46)34(2,3)19-56-62(53,54)59-61(51,52)55-18-23-28(58-60(48,49)50)27(45)33(57-23)41-21-40-26-30(35)38-20-39-31(26)41/h8-11,20-23,27-29,33,42,45-46H,4-7,12-19H2,1-3H3,(H,36,43)(H,37,47)(H,51,52)(H,53,54)(H2,35,38,39)(H2,48,49,50)/b9-8+,11-10+. The number of fused-ring (bicyclic) bond motifs is 1. The van der Waals surface area contributed by atoms with Crippen molar-refractivity contribution in [1.29, 1.82) is 0 Å². The second-order valence-corrected chi connectivity index (χ2v) is 20.1. The zero-order valence-electron chi connectivity index (χ0n) is 34.7. The minimum absolute atomic E-state index is 0.0254. The SMILES string of the molecule is CCCCC/C=C/C=C/CC(O)CC(=O)SCCNC(=O)CCNC(=O)C(O)C(C)(C)COP(=O)(O)OP(=O)(O)OCC1OC(n2cnc3c(N)ncnc32)C(O)C1OP(=O)(O)O. The van der Waals surface area contributed by atoms with Crippen LogP contribution in [0.4, 0.5) is 5.82 Å². The van der Waals surface area contributed by atoms with Crippen molar-refractivity contribution >= 4 is 69.1 Å². The number of phosphoric ester groups is 3. The Kier molecular flexibility index (Phi) is 21.6. The van der Waals surface area contributed by atoms with Crippen LogP contribution in [-0.2, 0) is 50.7 Å². The Balaban J connectivity index is 1.39. The molecule has 0 radical (unpaired) electrons. The number of nitrogens with one attached hydrogen (secondary N) is 2. The number of aromatic nitrogens is 4. The first-order valence-corrected chi connectivity index (χ1v) is 25.0. The molecule has 29 heteroatoms. The molecule has 0 aromatic carbocycles. The number of unbranched alkanes of at least 4 members (excludes halogenated alkanes) is 3. The van der Waals surface area contributed by atoms with Gasteiger partial charge in [-0.3, -0.25) is 32.5 Å². The zero-order valence-corrected chi connectivity index (χ0v) is 38.2. The summed E-state index contributed by atoms with van der Waals surface area (Å²) in [6.07, 6.45) is 4.45. The summed E-state index contributed by atoms with van der Waals surface area (Å²) in [5.74, 6) is -1.28. The number of hydrogen-bond acceptors (Lipinski definition) is 19. The second kappa shape index (κ2) is 25.1. The summed E-state index contributed by atoms with van der Waals surface area (Å²) >= 11 is 0.955. The van der Waals surface area contributed by atoms with Crippen LogP contribution >= 0.6 is 35.2 Å². The molecule has 25 nitrogen and oxygen atoms in total. The molecule has 11 N–H and O–H groups in total. The van der Waals surface area contributed by atoms with Crippen molar-refractivity contribution in [3.8, 4) is 0 Å². The number of nitrogen functional groups attached to an aromatic ring is 1. The molecule has 8 atom stereocenters. The molecule has 1 fully saturated rings. The predicted octanol–water partition coefficient (Wildman–Crippen LogP) is 1.50. The molecule has 2 amide bonds. The van der Waals surface area contributed by atoms with Crippen LogP contribution in [-0.4, -0.2) is 134 Å². The quantitative estimate of drug-likeness (QED) is 0.0328. The van der Waals surface area contributed by atoms with Crippen molar-refractivity contribution < 1.29 is 85.6 Å². The van der Waals surface area contributed by atoms with Gasteiger partial charge in [-0.2, -0.15) is 4.31 Å². The molecular weight excluding hydrogens is 919 g/mol. The van der Waals surface area contributed by atoms with E-state index in [2.05, 4.69) is 47.4 Å². The molecule has 0 saturated carbocycles. The highest BCUT2D eigenvalue weighted by Crippen LogP contribution is 2.61. The van der Waals surface area contributed by atoms with Crippen LogP contribution in [0, 0.1) is 5.41 Å². The number of thioether (sulfide) groups is 1. The number of aliphatic hydroxyl groups is 3. The fraction of sp³-hybridized carbons (Fsp3) is 0.647. The molecule has 1 aliphatic heterocycles. The Hall–Kier alpha value is -3.00. The van der Waals surface area contributed by atoms with Gasteiger partial charge in [0.05, 0.1) is 25.6 Å². The number of allylic oxidation sites excluding steroid dienone is 3. The van der Waals surface area contributed by atoms with Crippen molar-refractivity contribution in [3.05, 3.63) is 37.0 Å². The fourth-order valence-corrected chi connectivity index (χ4v) is 9.20. The number of phosphoric acid groups is 3. The number of carbonyl (C=O) groups is 3. The van der Waals surface area contributed by atoms with Crippen molar-refractivity contribution in [2.45, 2.75) is 102 Å². The molecule has 356 valence electrons. The topological polar surface area (TPSA) is 384 Å². The van der Waals surface area contributed by atoms with Gasteiger partial charge in [0.15, 0.2) is 22.8 Å². The summed E-state index contributed by atoms with van der Waals surface area (Å²) in [5.41, 5.74) is 4.24. The van der Waals surface area contributed by atoms with Crippen molar-refractivity contribution in [3.63, 3.8) is 0 Å². The number of nitrogens with two attached hydrogens (primary N) is 1. The molecule has 8 unspecified atom stereocenters. The number of carbonyl (C=O) groups excluding carboxylic acids is 3. The van der Waals surface area contributed by atoms with Crippen LogP contribution in [0.25, 0.3) is 11.2 Å². The molecule has 0 spiro atoms. The summed E-state index contributed by atoms with van der Waals surface area (Å²) in [6.45, 7) is 2.48. The average molecular weight is 976 g/mol. The normalized spacial score (nSPS) is 21.4. The summed E-state index contributed by atoms with van der Waals surface area (Å²) in [5, 5.41) is 36.3. The largest absolute Gasteiger partial charge is 0.481 e. The Bertz CT molecular complexity index is 2040. The number of hydrogen-bond donors (Lipinski definition) is 10. The van der Waals surface area contributed by atoms with E-state index in [1.165, 1.54) is 20.3 Å². The van der Waals surface area contributed by atoms with Gasteiger partial charge in [0, 0.05) is 37.1 Å². The Morgan fingerprint density at radius 1 is 1.02 bits per heavy atom. The lowest BCUT2D eigenvalue weighted by Gasteiger charge is -2.30. The van der Waals surface area contributed by atoms with Crippen LogP contribution in [0.15, 0.2) is 37.0 Å². The first-order chi connectivity index (χ1) is 29.4. The predicted molar refractivity (Wildman–Crippen MR) is 225 cm³/mol. The van der Waals surface area contributed by atoms with Crippen LogP contribution in [0.2, 0.25) is 0 Å². The first kappa shape index (κ1) is 54.3. The molecule has 63 heavy (non-hydrogen) atoms. The molecule has 3 rings (SSSR count). The Morgan fingerprint density at radius 2 is 1.71 bits per heavy atom. The monoisotopic (exact) mass is 975 g/mol. The number of aliphatic hydroxyl groups excluding tert-OH is 3. The van der Waals surface area contributed by atoms with Gasteiger partial charge in [-0.1, -0.05) is 69.7 Å². The van der Waals surface area contributed by atoms with Gasteiger partial charge in [0.1, 0.15) is 36.3 Å². The maximum atomic E-state index is 12.7. The third kappa shape index (κ3) is 18.8. The molecular formula is C34H56N7O18P3S. The summed E-state index contributed by atoms with van der Waals surface area (Å²) in [6, 6.07) is 0. The highest BCUT2D eigenvalue weighted by atomic mass is 32.2. The van der Waals surface area contributed by atoms with Crippen molar-refractivity contribution in [2.75, 3.05) is 37.8 Å². The summed E-state index contributed by atoms with van der Waals surface area (Å²) in [4.78, 5) is 88.1. The summed E-state index contributed by atoms with van der Waals surface area (Å²) in [7, 11) is -16.4. The van der Waals surface area contributed by atoms with E-state index in [1.807, 2.05) is 12.2 Å². The Morgan fingerprint density at radius 3 is 2.41 bits per heavy atom. The molecule has 2 aromatic rings. The lowest BCUT2D eigenvalue weighted by Crippen LogP contribution is -2.46. The van der Waals surface area contributed by atoms with Crippen molar-refractivity contribution in [2.24, 2.45) is 5.41 Å². The van der Waals surface area contributed by atoms with Crippen molar-refractivity contribution in [1.82, 2.24) is 30.2 Å². The smallest absolute Gasteiger partial charge is 0.392 e. The highest BCUT2D eigenvalue weighted by Gasteiger charge is 2.50. The minimum Gasteiger partial charge on any atom is -0.392 e. The van der Waals surface area contributed by atoms with Gasteiger partial charge in [0.25, 0.3) is 0 Å². The number of nitrogens with zero attached hydrogens (tertiary/aromatic N) is 4. The van der Waals surface area contributed by atoms with E-state index >= 15 is 0 Å². The molecule has 0 aliphatic carbocycles. The maximum Gasteiger partial charge on any atom is 0.481 e. The van der Waals surface area contributed by atoms with Crippen LogP contribution < -0.4 is 16.4 Å². The summed E-state index contributed by atoms with van der Waals surface area (Å²) < 4.78 is 62.3. The van der Waals surface area contributed by atoms with E-state index in [-0.39, 0.29) is 53.8 Å². The third-order valence-corrected chi connectivity index (χ3v) is 12.9. The van der Waals surface area contributed by atoms with E-state index < -0.39 is 90.7 Å². The van der Waals surface area contributed by atoms with Gasteiger partial charge in [-0.15, -0.1) is 0 Å². The first-order valence-electron chi connectivity index (χ1n) is 19.5. The van der Waals surface area contributed by atoms with Crippen LogP contribution in [0.5, 0.6) is 0 Å². The highest BCUT2D eigenvalue weighted by molar-refractivity contribution is 8.13. The van der Waals surface area contributed by atoms with Gasteiger partial charge in [-0.25, -0.2) is 28.6 Å².